The molecule has 0 atom stereocenters. The second-order valence-corrected chi connectivity index (χ2v) is 5.16. The SMILES string of the molecule is CCCCN(CC(N)=O)c1ncnc(Cl)c1C(C)C. The predicted molar refractivity (Wildman–Crippen MR) is 77.4 cm³/mol. The molecule has 0 saturated heterocycles. The fourth-order valence-electron chi connectivity index (χ4n) is 1.91. The van der Waals surface area contributed by atoms with Gasteiger partial charge in [0.1, 0.15) is 17.3 Å². The second kappa shape index (κ2) is 7.28. The average Bonchev–Trinajstić information content (AvgIpc) is 2.33. The maximum atomic E-state index is 11.2. The summed E-state index contributed by atoms with van der Waals surface area (Å²) in [6.07, 6.45) is 3.42. The van der Waals surface area contributed by atoms with Crippen molar-refractivity contribution in [2.75, 3.05) is 18.0 Å². The molecule has 1 amide bonds. The van der Waals surface area contributed by atoms with Crippen LogP contribution in [0, 0.1) is 0 Å². The van der Waals surface area contributed by atoms with Crippen molar-refractivity contribution in [3.8, 4) is 0 Å². The van der Waals surface area contributed by atoms with Crippen LogP contribution in [-0.4, -0.2) is 29.0 Å². The Morgan fingerprint density at radius 3 is 2.68 bits per heavy atom. The maximum Gasteiger partial charge on any atom is 0.236 e. The number of anilines is 1. The summed E-state index contributed by atoms with van der Waals surface area (Å²) in [5.41, 5.74) is 6.17. The molecular formula is C13H21ClN4O. The lowest BCUT2D eigenvalue weighted by molar-refractivity contribution is -0.116. The Labute approximate surface area is 119 Å². The highest BCUT2D eigenvalue weighted by atomic mass is 35.5. The third-order valence-corrected chi connectivity index (χ3v) is 3.12. The van der Waals surface area contributed by atoms with Crippen LogP contribution in [0.5, 0.6) is 0 Å². The summed E-state index contributed by atoms with van der Waals surface area (Å²) in [6.45, 7) is 7.02. The summed E-state index contributed by atoms with van der Waals surface area (Å²) < 4.78 is 0. The van der Waals surface area contributed by atoms with Crippen molar-refractivity contribution >= 4 is 23.3 Å². The van der Waals surface area contributed by atoms with Crippen molar-refractivity contribution in [3.05, 3.63) is 17.0 Å². The molecule has 0 radical (unpaired) electrons. The minimum atomic E-state index is -0.374. The van der Waals surface area contributed by atoms with E-state index in [1.807, 2.05) is 18.7 Å². The lowest BCUT2D eigenvalue weighted by Gasteiger charge is -2.25. The van der Waals surface area contributed by atoms with Gasteiger partial charge in [0.15, 0.2) is 0 Å². The van der Waals surface area contributed by atoms with E-state index in [1.54, 1.807) is 0 Å². The van der Waals surface area contributed by atoms with Crippen LogP contribution >= 0.6 is 11.6 Å². The van der Waals surface area contributed by atoms with Crippen molar-refractivity contribution in [3.63, 3.8) is 0 Å². The van der Waals surface area contributed by atoms with Crippen molar-refractivity contribution in [1.82, 2.24) is 9.97 Å². The minimum absolute atomic E-state index is 0.146. The number of amides is 1. The fourth-order valence-corrected chi connectivity index (χ4v) is 2.26. The van der Waals surface area contributed by atoms with E-state index in [1.165, 1.54) is 6.33 Å². The number of primary amides is 1. The van der Waals surface area contributed by atoms with Crippen molar-refractivity contribution in [2.24, 2.45) is 5.73 Å². The highest BCUT2D eigenvalue weighted by Gasteiger charge is 2.19. The van der Waals surface area contributed by atoms with Crippen LogP contribution in [-0.2, 0) is 4.79 Å². The lowest BCUT2D eigenvalue weighted by Crippen LogP contribution is -2.36. The molecular weight excluding hydrogens is 264 g/mol. The van der Waals surface area contributed by atoms with Crippen LogP contribution in [0.3, 0.4) is 0 Å². The van der Waals surface area contributed by atoms with Crippen LogP contribution in [0.4, 0.5) is 5.82 Å². The molecule has 2 N–H and O–H groups in total. The molecule has 1 aromatic heterocycles. The Kier molecular flexibility index (Phi) is 6.02. The highest BCUT2D eigenvalue weighted by molar-refractivity contribution is 6.30. The zero-order chi connectivity index (χ0) is 14.4. The van der Waals surface area contributed by atoms with E-state index in [9.17, 15) is 4.79 Å². The van der Waals surface area contributed by atoms with Gasteiger partial charge in [0.2, 0.25) is 5.91 Å². The van der Waals surface area contributed by atoms with Gasteiger partial charge in [-0.1, -0.05) is 38.8 Å². The van der Waals surface area contributed by atoms with E-state index in [2.05, 4.69) is 16.9 Å². The molecule has 0 aliphatic carbocycles. The summed E-state index contributed by atoms with van der Waals surface area (Å²) in [7, 11) is 0. The number of hydrogen-bond donors (Lipinski definition) is 1. The molecule has 5 nitrogen and oxygen atoms in total. The van der Waals surface area contributed by atoms with Crippen LogP contribution in [0.15, 0.2) is 6.33 Å². The molecule has 0 fully saturated rings. The summed E-state index contributed by atoms with van der Waals surface area (Å²) in [5.74, 6) is 0.517. The highest BCUT2D eigenvalue weighted by Crippen LogP contribution is 2.30. The van der Waals surface area contributed by atoms with Crippen LogP contribution in [0.1, 0.15) is 45.1 Å². The Morgan fingerprint density at radius 1 is 1.47 bits per heavy atom. The smallest absolute Gasteiger partial charge is 0.236 e. The molecule has 19 heavy (non-hydrogen) atoms. The second-order valence-electron chi connectivity index (χ2n) is 4.80. The van der Waals surface area contributed by atoms with Gasteiger partial charge in [0.25, 0.3) is 0 Å². The molecule has 0 aliphatic rings. The number of rotatable bonds is 7. The number of halogens is 1. The quantitative estimate of drug-likeness (QED) is 0.780. The summed E-state index contributed by atoms with van der Waals surface area (Å²) >= 11 is 6.15. The third kappa shape index (κ3) is 4.35. The fraction of sp³-hybridized carbons (Fsp3) is 0.615. The first-order valence-corrected chi connectivity index (χ1v) is 6.88. The number of aromatic nitrogens is 2. The van der Waals surface area contributed by atoms with Crippen LogP contribution in [0.25, 0.3) is 0 Å². The van der Waals surface area contributed by atoms with Crippen molar-refractivity contribution in [1.29, 1.82) is 0 Å². The molecule has 0 spiro atoms. The molecule has 6 heteroatoms. The van der Waals surface area contributed by atoms with E-state index in [0.717, 1.165) is 24.9 Å². The number of carbonyl (C=O) groups excluding carboxylic acids is 1. The van der Waals surface area contributed by atoms with Crippen molar-refractivity contribution in [2.45, 2.75) is 39.5 Å². The molecule has 1 aromatic rings. The first kappa shape index (κ1) is 15.7. The van der Waals surface area contributed by atoms with Gasteiger partial charge in [-0.15, -0.1) is 0 Å². The summed E-state index contributed by atoms with van der Waals surface area (Å²) in [6, 6.07) is 0. The third-order valence-electron chi connectivity index (χ3n) is 2.82. The Hall–Kier alpha value is -1.36. The van der Waals surface area contributed by atoms with Gasteiger partial charge < -0.3 is 10.6 Å². The average molecular weight is 285 g/mol. The molecule has 0 unspecified atom stereocenters. The zero-order valence-corrected chi connectivity index (χ0v) is 12.4. The minimum Gasteiger partial charge on any atom is -0.368 e. The number of nitrogens with zero attached hydrogens (tertiary/aromatic N) is 3. The van der Waals surface area contributed by atoms with E-state index >= 15 is 0 Å². The Morgan fingerprint density at radius 2 is 2.16 bits per heavy atom. The van der Waals surface area contributed by atoms with E-state index in [4.69, 9.17) is 17.3 Å². The van der Waals surface area contributed by atoms with Gasteiger partial charge in [-0.3, -0.25) is 4.79 Å². The lowest BCUT2D eigenvalue weighted by atomic mass is 10.1. The maximum absolute atomic E-state index is 11.2. The molecule has 0 saturated carbocycles. The first-order chi connectivity index (χ1) is 8.97. The Bertz CT molecular complexity index is 437. The summed E-state index contributed by atoms with van der Waals surface area (Å²) in [5, 5.41) is 0.436. The first-order valence-electron chi connectivity index (χ1n) is 6.51. The van der Waals surface area contributed by atoms with Crippen LogP contribution < -0.4 is 10.6 Å². The van der Waals surface area contributed by atoms with Gasteiger partial charge >= 0.3 is 0 Å². The molecule has 0 bridgehead atoms. The monoisotopic (exact) mass is 284 g/mol. The van der Waals surface area contributed by atoms with Gasteiger partial charge in [-0.25, -0.2) is 9.97 Å². The number of carbonyl (C=O) groups is 1. The largest absolute Gasteiger partial charge is 0.368 e. The van der Waals surface area contributed by atoms with E-state index < -0.39 is 0 Å². The normalized spacial score (nSPS) is 10.8. The van der Waals surface area contributed by atoms with Crippen molar-refractivity contribution < 1.29 is 4.79 Å². The van der Waals surface area contributed by atoms with Gasteiger partial charge in [0, 0.05) is 12.1 Å². The molecule has 0 aromatic carbocycles. The zero-order valence-electron chi connectivity index (χ0n) is 11.7. The van der Waals surface area contributed by atoms with Gasteiger partial charge in [0.05, 0.1) is 6.54 Å². The topological polar surface area (TPSA) is 72.1 Å². The van der Waals surface area contributed by atoms with Gasteiger partial charge in [-0.05, 0) is 12.3 Å². The Balaban J connectivity index is 3.13. The molecule has 106 valence electrons. The standard InChI is InChI=1S/C13H21ClN4O/c1-4-5-6-18(7-10(15)19)13-11(9(2)3)12(14)16-8-17-13/h8-9H,4-7H2,1-3H3,(H2,15,19). The molecule has 1 heterocycles. The molecule has 0 aliphatic heterocycles. The van der Waals surface area contributed by atoms with Crippen LogP contribution in [0.2, 0.25) is 5.15 Å². The predicted octanol–water partition coefficient (Wildman–Crippen LogP) is 2.35. The summed E-state index contributed by atoms with van der Waals surface area (Å²) in [4.78, 5) is 21.4. The van der Waals surface area contributed by atoms with E-state index in [0.29, 0.717) is 11.0 Å². The number of hydrogen-bond acceptors (Lipinski definition) is 4. The number of nitrogens with two attached hydrogens (primary N) is 1. The molecule has 1 rings (SSSR count). The van der Waals surface area contributed by atoms with Gasteiger partial charge in [-0.2, -0.15) is 0 Å². The van der Waals surface area contributed by atoms with E-state index in [-0.39, 0.29) is 18.4 Å². The number of unbranched alkanes of at least 4 members (excludes halogenated alkanes) is 1.